The number of halogens is 1. The molecule has 0 spiro atoms. The van der Waals surface area contributed by atoms with E-state index in [0.29, 0.717) is 17.6 Å². The maximum Gasteiger partial charge on any atom is 0.264 e. The molecule has 3 nitrogen and oxygen atoms in total. The van der Waals surface area contributed by atoms with Gasteiger partial charge in [-0.1, -0.05) is 36.4 Å². The van der Waals surface area contributed by atoms with E-state index >= 15 is 0 Å². The molecule has 3 rings (SSSR count). The summed E-state index contributed by atoms with van der Waals surface area (Å²) < 4.78 is 8.14. The molecule has 0 radical (unpaired) electrons. The fraction of sp³-hybridized carbons (Fsp3) is 0.167. The van der Waals surface area contributed by atoms with Gasteiger partial charge in [-0.2, -0.15) is 0 Å². The van der Waals surface area contributed by atoms with Crippen molar-refractivity contribution in [3.63, 3.8) is 0 Å². The first-order valence-corrected chi connectivity index (χ1v) is 7.91. The third-order valence-electron chi connectivity index (χ3n) is 3.52. The van der Waals surface area contributed by atoms with Crippen LogP contribution in [0.5, 0.6) is 5.75 Å². The van der Waals surface area contributed by atoms with Crippen molar-refractivity contribution in [2.75, 3.05) is 6.61 Å². The van der Waals surface area contributed by atoms with Gasteiger partial charge in [0.25, 0.3) is 5.56 Å². The van der Waals surface area contributed by atoms with Crippen LogP contribution in [0.2, 0.25) is 0 Å². The molecule has 0 saturated heterocycles. The summed E-state index contributed by atoms with van der Waals surface area (Å²) in [5, 5.41) is 2.23. The van der Waals surface area contributed by atoms with Crippen molar-refractivity contribution >= 4 is 26.7 Å². The Morgan fingerprint density at radius 3 is 2.77 bits per heavy atom. The summed E-state index contributed by atoms with van der Waals surface area (Å²) in [6, 6.07) is 15.9. The third kappa shape index (κ3) is 3.07. The molecular formula is C18H16BrNO2. The molecule has 3 aromatic rings. The predicted molar refractivity (Wildman–Crippen MR) is 92.6 cm³/mol. The first kappa shape index (κ1) is 14.9. The number of ether oxygens (including phenoxy) is 1. The van der Waals surface area contributed by atoms with Crippen molar-refractivity contribution in [2.45, 2.75) is 13.5 Å². The molecular weight excluding hydrogens is 342 g/mol. The van der Waals surface area contributed by atoms with E-state index in [0.717, 1.165) is 22.1 Å². The Kier molecular flexibility index (Phi) is 4.29. The van der Waals surface area contributed by atoms with Crippen LogP contribution in [0.1, 0.15) is 5.56 Å². The minimum atomic E-state index is -0.0351. The van der Waals surface area contributed by atoms with Crippen LogP contribution in [0.25, 0.3) is 10.8 Å². The number of aromatic nitrogens is 1. The molecule has 0 N–H and O–H groups in total. The van der Waals surface area contributed by atoms with Crippen LogP contribution in [0, 0.1) is 6.92 Å². The average molecular weight is 358 g/mol. The van der Waals surface area contributed by atoms with Crippen LogP contribution >= 0.6 is 15.9 Å². The summed E-state index contributed by atoms with van der Waals surface area (Å²) in [5.41, 5.74) is 1.00. The Bertz CT molecular complexity index is 865. The summed E-state index contributed by atoms with van der Waals surface area (Å²) >= 11 is 3.29. The molecule has 0 saturated carbocycles. The lowest BCUT2D eigenvalue weighted by atomic mass is 10.1. The van der Waals surface area contributed by atoms with E-state index in [1.165, 1.54) is 0 Å². The number of aryl methyl sites for hydroxylation is 1. The summed E-state index contributed by atoms with van der Waals surface area (Å²) in [4.78, 5) is 12.0. The van der Waals surface area contributed by atoms with Gasteiger partial charge in [-0.05, 0) is 45.9 Å². The van der Waals surface area contributed by atoms with E-state index in [1.807, 2.05) is 49.5 Å². The highest BCUT2D eigenvalue weighted by molar-refractivity contribution is 9.10. The van der Waals surface area contributed by atoms with Gasteiger partial charge >= 0.3 is 0 Å². The van der Waals surface area contributed by atoms with Crippen molar-refractivity contribution in [2.24, 2.45) is 0 Å². The highest BCUT2D eigenvalue weighted by atomic mass is 79.9. The number of hydrogen-bond donors (Lipinski definition) is 0. The highest BCUT2D eigenvalue weighted by Crippen LogP contribution is 2.25. The van der Waals surface area contributed by atoms with E-state index in [1.54, 1.807) is 4.57 Å². The minimum Gasteiger partial charge on any atom is -0.491 e. The minimum absolute atomic E-state index is 0.0351. The Morgan fingerprint density at radius 1 is 1.14 bits per heavy atom. The van der Waals surface area contributed by atoms with E-state index in [2.05, 4.69) is 28.1 Å². The number of hydrogen-bond acceptors (Lipinski definition) is 2. The van der Waals surface area contributed by atoms with Crippen LogP contribution < -0.4 is 10.3 Å². The summed E-state index contributed by atoms with van der Waals surface area (Å²) in [6.45, 7) is 2.93. The number of fused-ring (bicyclic) bond motifs is 1. The molecule has 2 aromatic carbocycles. The smallest absolute Gasteiger partial charge is 0.264 e. The van der Waals surface area contributed by atoms with Gasteiger partial charge in [-0.25, -0.2) is 0 Å². The number of pyridine rings is 1. The zero-order chi connectivity index (χ0) is 15.5. The van der Waals surface area contributed by atoms with Gasteiger partial charge in [0.15, 0.2) is 0 Å². The molecule has 4 heteroatoms. The highest BCUT2D eigenvalue weighted by Gasteiger charge is 2.04. The third-order valence-corrected chi connectivity index (χ3v) is 4.09. The number of nitrogens with zero attached hydrogens (tertiary/aromatic N) is 1. The van der Waals surface area contributed by atoms with Gasteiger partial charge in [0.05, 0.1) is 11.0 Å². The lowest BCUT2D eigenvalue weighted by Gasteiger charge is -2.11. The molecule has 0 unspecified atom stereocenters. The average Bonchev–Trinajstić information content (AvgIpc) is 2.52. The van der Waals surface area contributed by atoms with Gasteiger partial charge in [0.2, 0.25) is 0 Å². The molecule has 22 heavy (non-hydrogen) atoms. The number of rotatable bonds is 4. The van der Waals surface area contributed by atoms with Gasteiger partial charge in [0, 0.05) is 11.6 Å². The quantitative estimate of drug-likeness (QED) is 0.702. The van der Waals surface area contributed by atoms with Gasteiger partial charge in [-0.3, -0.25) is 4.79 Å². The Balaban J connectivity index is 1.77. The Hall–Kier alpha value is -2.07. The van der Waals surface area contributed by atoms with Crippen LogP contribution in [0.3, 0.4) is 0 Å². The Labute approximate surface area is 137 Å². The molecule has 0 aliphatic heterocycles. The second-order valence-electron chi connectivity index (χ2n) is 5.19. The monoisotopic (exact) mass is 357 g/mol. The largest absolute Gasteiger partial charge is 0.491 e. The molecule has 0 aliphatic rings. The van der Waals surface area contributed by atoms with Gasteiger partial charge < -0.3 is 9.30 Å². The summed E-state index contributed by atoms with van der Waals surface area (Å²) in [7, 11) is 0. The van der Waals surface area contributed by atoms with Gasteiger partial charge in [-0.15, -0.1) is 0 Å². The van der Waals surface area contributed by atoms with Crippen molar-refractivity contribution in [3.8, 4) is 5.75 Å². The molecule has 0 atom stereocenters. The van der Waals surface area contributed by atoms with E-state index < -0.39 is 0 Å². The first-order valence-electron chi connectivity index (χ1n) is 7.12. The van der Waals surface area contributed by atoms with Crippen molar-refractivity contribution in [1.29, 1.82) is 0 Å². The van der Waals surface area contributed by atoms with Gasteiger partial charge in [0.1, 0.15) is 12.4 Å². The van der Waals surface area contributed by atoms with Crippen molar-refractivity contribution < 1.29 is 4.74 Å². The van der Waals surface area contributed by atoms with Crippen LogP contribution in [-0.4, -0.2) is 11.2 Å². The summed E-state index contributed by atoms with van der Waals surface area (Å²) in [6.07, 6.45) is 1.85. The van der Waals surface area contributed by atoms with E-state index in [4.69, 9.17) is 4.74 Å². The first-order chi connectivity index (χ1) is 10.6. The second kappa shape index (κ2) is 6.36. The lowest BCUT2D eigenvalue weighted by molar-refractivity contribution is 0.299. The fourth-order valence-electron chi connectivity index (χ4n) is 2.48. The molecule has 1 heterocycles. The standard InChI is InChI=1S/C18H16BrNO2/c1-13-11-16(19)18(21)20(12-13)9-10-22-17-8-4-6-14-5-2-3-7-15(14)17/h2-8,11-12H,9-10H2,1H3. The van der Waals surface area contributed by atoms with Crippen molar-refractivity contribution in [3.05, 3.63) is 75.1 Å². The molecule has 0 amide bonds. The molecule has 0 fully saturated rings. The molecule has 0 aliphatic carbocycles. The number of benzene rings is 2. The lowest BCUT2D eigenvalue weighted by Crippen LogP contribution is -2.23. The maximum absolute atomic E-state index is 12.0. The fourth-order valence-corrected chi connectivity index (χ4v) is 3.07. The van der Waals surface area contributed by atoms with Crippen LogP contribution in [-0.2, 0) is 6.54 Å². The SMILES string of the molecule is Cc1cc(Br)c(=O)n(CCOc2cccc3ccccc23)c1. The zero-order valence-corrected chi connectivity index (χ0v) is 13.8. The second-order valence-corrected chi connectivity index (χ2v) is 6.04. The van der Waals surface area contributed by atoms with Crippen LogP contribution in [0.15, 0.2) is 64.0 Å². The van der Waals surface area contributed by atoms with E-state index in [9.17, 15) is 4.79 Å². The normalized spacial score (nSPS) is 10.8. The van der Waals surface area contributed by atoms with Crippen LogP contribution in [0.4, 0.5) is 0 Å². The van der Waals surface area contributed by atoms with E-state index in [-0.39, 0.29) is 5.56 Å². The predicted octanol–water partition coefficient (Wildman–Crippen LogP) is 4.15. The Morgan fingerprint density at radius 2 is 1.91 bits per heavy atom. The molecule has 1 aromatic heterocycles. The summed E-state index contributed by atoms with van der Waals surface area (Å²) in [5.74, 6) is 0.845. The molecule has 0 bridgehead atoms. The van der Waals surface area contributed by atoms with Crippen molar-refractivity contribution in [1.82, 2.24) is 4.57 Å². The zero-order valence-electron chi connectivity index (χ0n) is 12.3. The maximum atomic E-state index is 12.0. The molecule has 112 valence electrons. The topological polar surface area (TPSA) is 31.2 Å².